The van der Waals surface area contributed by atoms with E-state index in [9.17, 15) is 13.2 Å². The zero-order chi connectivity index (χ0) is 22.3. The smallest absolute Gasteiger partial charge is 0.233 e. The molecule has 2 aromatic carbocycles. The third-order valence-corrected chi connectivity index (χ3v) is 5.84. The van der Waals surface area contributed by atoms with Crippen molar-refractivity contribution in [2.75, 3.05) is 13.6 Å². The largest absolute Gasteiger partial charge is 0.459 e. The van der Waals surface area contributed by atoms with E-state index >= 15 is 0 Å². The average Bonchev–Trinajstić information content (AvgIpc) is 3.22. The van der Waals surface area contributed by atoms with Gasteiger partial charge in [0.1, 0.15) is 11.5 Å². The molecule has 0 unspecified atom stereocenters. The van der Waals surface area contributed by atoms with E-state index in [0.717, 1.165) is 16.5 Å². The fourth-order valence-corrected chi connectivity index (χ4v) is 3.77. The van der Waals surface area contributed by atoms with Gasteiger partial charge in [-0.15, -0.1) is 0 Å². The van der Waals surface area contributed by atoms with E-state index in [-0.39, 0.29) is 25.4 Å². The lowest BCUT2D eigenvalue weighted by atomic mass is 10.2. The number of nitrogens with one attached hydrogen (secondary N) is 1. The lowest BCUT2D eigenvalue weighted by Gasteiger charge is -2.15. The highest BCUT2D eigenvalue weighted by atomic mass is 35.5. The van der Waals surface area contributed by atoms with Crippen molar-refractivity contribution < 1.29 is 17.6 Å². The molecule has 0 radical (unpaired) electrons. The molecule has 0 aliphatic heterocycles. The van der Waals surface area contributed by atoms with Crippen LogP contribution in [0.5, 0.6) is 0 Å². The molecule has 1 aromatic heterocycles. The Kier molecular flexibility index (Phi) is 7.68. The van der Waals surface area contributed by atoms with Gasteiger partial charge in [0.15, 0.2) is 0 Å². The Bertz CT molecular complexity index is 1140. The number of carbonyl (C=O) groups excluding carboxylic acids is 1. The van der Waals surface area contributed by atoms with Gasteiger partial charge in [-0.25, -0.2) is 13.1 Å². The van der Waals surface area contributed by atoms with Crippen LogP contribution in [0.4, 0.5) is 0 Å². The van der Waals surface area contributed by atoms with Crippen LogP contribution in [0.25, 0.3) is 17.4 Å². The number of nitrogens with zero attached hydrogens (tertiary/aromatic N) is 1. The molecule has 0 fully saturated rings. The van der Waals surface area contributed by atoms with Gasteiger partial charge in [-0.3, -0.25) is 4.79 Å². The minimum Gasteiger partial charge on any atom is -0.459 e. The highest BCUT2D eigenvalue weighted by Gasteiger charge is 2.14. The van der Waals surface area contributed by atoms with Gasteiger partial charge < -0.3 is 9.32 Å². The topological polar surface area (TPSA) is 79.6 Å². The van der Waals surface area contributed by atoms with Crippen molar-refractivity contribution in [3.05, 3.63) is 88.5 Å². The van der Waals surface area contributed by atoms with Crippen molar-refractivity contribution in [2.45, 2.75) is 13.0 Å². The van der Waals surface area contributed by atoms with E-state index in [2.05, 4.69) is 4.72 Å². The van der Waals surface area contributed by atoms with Crippen molar-refractivity contribution in [2.24, 2.45) is 0 Å². The van der Waals surface area contributed by atoms with E-state index in [1.165, 1.54) is 11.0 Å². The first-order valence-electron chi connectivity index (χ1n) is 9.64. The summed E-state index contributed by atoms with van der Waals surface area (Å²) in [4.78, 5) is 13.8. The molecular weight excluding hydrogens is 436 g/mol. The van der Waals surface area contributed by atoms with E-state index in [4.69, 9.17) is 16.0 Å². The van der Waals surface area contributed by atoms with Crippen molar-refractivity contribution in [3.8, 4) is 11.3 Å². The summed E-state index contributed by atoms with van der Waals surface area (Å²) in [5.41, 5.74) is 1.67. The molecule has 3 aromatic rings. The first-order valence-corrected chi connectivity index (χ1v) is 11.6. The van der Waals surface area contributed by atoms with Crippen LogP contribution in [0.15, 0.2) is 76.6 Å². The molecule has 0 spiro atoms. The molecule has 3 rings (SSSR count). The molecule has 0 atom stereocenters. The Morgan fingerprint density at radius 3 is 2.48 bits per heavy atom. The minimum atomic E-state index is -3.62. The molecule has 0 saturated carbocycles. The predicted molar refractivity (Wildman–Crippen MR) is 123 cm³/mol. The zero-order valence-corrected chi connectivity index (χ0v) is 18.6. The third kappa shape index (κ3) is 7.10. The lowest BCUT2D eigenvalue weighted by molar-refractivity contribution is -0.130. The standard InChI is InChI=1S/C23H23ClN2O4S/c1-26(17-21-11-12-22(30-21)19-7-9-20(24)10-8-19)23(27)13-15-25-31(28,29)16-14-18-5-3-2-4-6-18/h2-12,14,16,25H,13,15,17H2,1H3. The Morgan fingerprint density at radius 2 is 1.77 bits per heavy atom. The van der Waals surface area contributed by atoms with Crippen molar-refractivity contribution in [1.82, 2.24) is 9.62 Å². The number of sulfonamides is 1. The summed E-state index contributed by atoms with van der Waals surface area (Å²) in [6.07, 6.45) is 1.55. The van der Waals surface area contributed by atoms with E-state index < -0.39 is 10.0 Å². The molecular formula is C23H23ClN2O4S. The van der Waals surface area contributed by atoms with Gasteiger partial charge in [-0.05, 0) is 48.0 Å². The van der Waals surface area contributed by atoms with Gasteiger partial charge in [-0.2, -0.15) is 0 Å². The first-order chi connectivity index (χ1) is 14.8. The third-order valence-electron chi connectivity index (χ3n) is 4.49. The van der Waals surface area contributed by atoms with Crippen LogP contribution in [0, 0.1) is 0 Å². The second kappa shape index (κ2) is 10.4. The SMILES string of the molecule is CN(Cc1ccc(-c2ccc(Cl)cc2)o1)C(=O)CCNS(=O)(=O)C=Cc1ccccc1. The van der Waals surface area contributed by atoms with Crippen LogP contribution in [0.3, 0.4) is 0 Å². The minimum absolute atomic E-state index is 0.0127. The van der Waals surface area contributed by atoms with Gasteiger partial charge in [-0.1, -0.05) is 41.9 Å². The summed E-state index contributed by atoms with van der Waals surface area (Å²) in [6.45, 7) is 0.298. The Hall–Kier alpha value is -2.87. The maximum atomic E-state index is 12.3. The fraction of sp³-hybridized carbons (Fsp3) is 0.174. The predicted octanol–water partition coefficient (Wildman–Crippen LogP) is 4.54. The molecule has 0 bridgehead atoms. The quantitative estimate of drug-likeness (QED) is 0.510. The van der Waals surface area contributed by atoms with Gasteiger partial charge in [0.05, 0.1) is 6.54 Å². The summed E-state index contributed by atoms with van der Waals surface area (Å²) in [6, 6.07) is 20.0. The van der Waals surface area contributed by atoms with Gasteiger partial charge >= 0.3 is 0 Å². The summed E-state index contributed by atoms with van der Waals surface area (Å²) >= 11 is 5.90. The summed E-state index contributed by atoms with van der Waals surface area (Å²) in [5, 5.41) is 1.74. The normalized spacial score (nSPS) is 11.7. The lowest BCUT2D eigenvalue weighted by Crippen LogP contribution is -2.31. The molecule has 0 aliphatic carbocycles. The second-order valence-corrected chi connectivity index (χ2v) is 9.01. The summed E-state index contributed by atoms with van der Waals surface area (Å²) in [7, 11) is -1.97. The molecule has 1 amide bonds. The molecule has 31 heavy (non-hydrogen) atoms. The number of amides is 1. The summed E-state index contributed by atoms with van der Waals surface area (Å²) < 4.78 is 32.3. The maximum Gasteiger partial charge on any atom is 0.233 e. The summed E-state index contributed by atoms with van der Waals surface area (Å²) in [5.74, 6) is 1.12. The molecule has 162 valence electrons. The Morgan fingerprint density at radius 1 is 1.06 bits per heavy atom. The van der Waals surface area contributed by atoms with Crippen LogP contribution in [-0.2, 0) is 21.4 Å². The van der Waals surface area contributed by atoms with Crippen LogP contribution in [-0.4, -0.2) is 32.8 Å². The van der Waals surface area contributed by atoms with Crippen LogP contribution >= 0.6 is 11.6 Å². The molecule has 6 nitrogen and oxygen atoms in total. The van der Waals surface area contributed by atoms with Crippen molar-refractivity contribution >= 4 is 33.6 Å². The number of hydrogen-bond acceptors (Lipinski definition) is 4. The van der Waals surface area contributed by atoms with Crippen LogP contribution in [0.2, 0.25) is 5.02 Å². The van der Waals surface area contributed by atoms with Gasteiger partial charge in [0.25, 0.3) is 0 Å². The maximum absolute atomic E-state index is 12.3. The number of hydrogen-bond donors (Lipinski definition) is 1. The number of halogens is 1. The van der Waals surface area contributed by atoms with Crippen LogP contribution in [0.1, 0.15) is 17.7 Å². The molecule has 1 N–H and O–H groups in total. The Balaban J connectivity index is 1.47. The van der Waals surface area contributed by atoms with Crippen molar-refractivity contribution in [1.29, 1.82) is 0 Å². The Labute approximate surface area is 187 Å². The molecule has 0 saturated heterocycles. The first kappa shape index (κ1) is 22.8. The van der Waals surface area contributed by atoms with E-state index in [1.807, 2.05) is 42.5 Å². The molecule has 8 heteroatoms. The van der Waals surface area contributed by atoms with E-state index in [1.54, 1.807) is 31.3 Å². The fourth-order valence-electron chi connectivity index (χ4n) is 2.83. The average molecular weight is 459 g/mol. The number of carbonyl (C=O) groups is 1. The monoisotopic (exact) mass is 458 g/mol. The van der Waals surface area contributed by atoms with Gasteiger partial charge in [0.2, 0.25) is 15.9 Å². The molecule has 0 aliphatic rings. The van der Waals surface area contributed by atoms with Gasteiger partial charge in [0, 0.05) is 36.0 Å². The van der Waals surface area contributed by atoms with Crippen LogP contribution < -0.4 is 4.72 Å². The van der Waals surface area contributed by atoms with Crippen molar-refractivity contribution in [3.63, 3.8) is 0 Å². The number of benzene rings is 2. The second-order valence-electron chi connectivity index (χ2n) is 6.93. The zero-order valence-electron chi connectivity index (χ0n) is 17.0. The number of rotatable bonds is 9. The number of furan rings is 1. The highest BCUT2D eigenvalue weighted by molar-refractivity contribution is 7.92. The van der Waals surface area contributed by atoms with E-state index in [0.29, 0.717) is 16.5 Å². The molecule has 1 heterocycles. The highest BCUT2D eigenvalue weighted by Crippen LogP contribution is 2.24.